The van der Waals surface area contributed by atoms with Crippen LogP contribution in [-0.4, -0.2) is 24.8 Å². The van der Waals surface area contributed by atoms with Crippen LogP contribution >= 0.6 is 0 Å². The molecule has 0 aromatic heterocycles. The molecule has 0 saturated carbocycles. The minimum Gasteiger partial charge on any atom is -0.486 e. The van der Waals surface area contributed by atoms with E-state index in [1.165, 1.54) is 0 Å². The van der Waals surface area contributed by atoms with Crippen molar-refractivity contribution in [1.29, 1.82) is 0 Å². The Morgan fingerprint density at radius 2 is 1.87 bits per heavy atom. The molecular formula is C19H20O4. The molecule has 1 heterocycles. The number of Topliss-reactive ketones (excluding diaryl/α,β-unsaturated/α-hetero) is 2. The van der Waals surface area contributed by atoms with Crippen LogP contribution in [0, 0.1) is 0 Å². The minimum absolute atomic E-state index is 0.0359. The van der Waals surface area contributed by atoms with E-state index >= 15 is 0 Å². The predicted octanol–water partition coefficient (Wildman–Crippen LogP) is 3.66. The molecule has 120 valence electrons. The van der Waals surface area contributed by atoms with Gasteiger partial charge in [0.2, 0.25) is 0 Å². The Hall–Kier alpha value is -2.36. The molecule has 0 radical (unpaired) electrons. The maximum Gasteiger partial charge on any atom is 0.172 e. The minimum atomic E-state index is -0.0845. The second kappa shape index (κ2) is 6.82. The molecule has 4 nitrogen and oxygen atoms in total. The molecule has 1 aliphatic carbocycles. The molecule has 0 spiro atoms. The number of ketones is 2. The van der Waals surface area contributed by atoms with Crippen LogP contribution in [0.1, 0.15) is 43.0 Å². The third kappa shape index (κ3) is 3.36. The van der Waals surface area contributed by atoms with Gasteiger partial charge in [-0.05, 0) is 31.9 Å². The van der Waals surface area contributed by atoms with Crippen molar-refractivity contribution in [1.82, 2.24) is 0 Å². The summed E-state index contributed by atoms with van der Waals surface area (Å²) in [5, 5.41) is 0. The van der Waals surface area contributed by atoms with Crippen molar-refractivity contribution in [3.05, 3.63) is 47.1 Å². The van der Waals surface area contributed by atoms with Crippen LogP contribution in [0.3, 0.4) is 0 Å². The standard InChI is InChI=1S/C19H20O4/c1-13-5-2-3-6-14(13)16(20)9-10-17(21)15-7-4-8-18-19(15)23-12-11-22-18/h3-4,6-8H,2,5,9-12H2,1H3. The summed E-state index contributed by atoms with van der Waals surface area (Å²) >= 11 is 0. The lowest BCUT2D eigenvalue weighted by atomic mass is 9.93. The highest BCUT2D eigenvalue weighted by atomic mass is 16.6. The molecule has 1 aliphatic heterocycles. The number of hydrogen-bond donors (Lipinski definition) is 0. The van der Waals surface area contributed by atoms with Gasteiger partial charge in [-0.25, -0.2) is 0 Å². The van der Waals surface area contributed by atoms with E-state index in [-0.39, 0.29) is 24.4 Å². The summed E-state index contributed by atoms with van der Waals surface area (Å²) in [7, 11) is 0. The van der Waals surface area contributed by atoms with Crippen molar-refractivity contribution < 1.29 is 19.1 Å². The van der Waals surface area contributed by atoms with E-state index in [0.29, 0.717) is 30.3 Å². The van der Waals surface area contributed by atoms with Crippen LogP contribution in [0.5, 0.6) is 11.5 Å². The van der Waals surface area contributed by atoms with Crippen LogP contribution in [0.4, 0.5) is 0 Å². The first-order valence-electron chi connectivity index (χ1n) is 7.98. The molecule has 0 N–H and O–H groups in total. The molecule has 0 bridgehead atoms. The monoisotopic (exact) mass is 312 g/mol. The number of carbonyl (C=O) groups excluding carboxylic acids is 2. The molecule has 0 amide bonds. The van der Waals surface area contributed by atoms with Gasteiger partial charge in [0.25, 0.3) is 0 Å². The van der Waals surface area contributed by atoms with Crippen molar-refractivity contribution in [2.45, 2.75) is 32.6 Å². The number of carbonyl (C=O) groups is 2. The zero-order chi connectivity index (χ0) is 16.2. The summed E-state index contributed by atoms with van der Waals surface area (Å²) in [4.78, 5) is 24.8. The third-order valence-electron chi connectivity index (χ3n) is 4.18. The Kier molecular flexibility index (Phi) is 4.60. The van der Waals surface area contributed by atoms with Gasteiger partial charge in [-0.15, -0.1) is 0 Å². The van der Waals surface area contributed by atoms with Crippen molar-refractivity contribution in [3.63, 3.8) is 0 Å². The van der Waals surface area contributed by atoms with Crippen LogP contribution in [0.15, 0.2) is 41.5 Å². The van der Waals surface area contributed by atoms with E-state index in [0.717, 1.165) is 24.0 Å². The Bertz CT molecular complexity index is 697. The van der Waals surface area contributed by atoms with Crippen LogP contribution in [0.2, 0.25) is 0 Å². The molecule has 0 atom stereocenters. The van der Waals surface area contributed by atoms with Gasteiger partial charge in [0.05, 0.1) is 5.56 Å². The van der Waals surface area contributed by atoms with E-state index in [1.807, 2.05) is 19.1 Å². The number of benzene rings is 1. The van der Waals surface area contributed by atoms with Gasteiger partial charge in [-0.3, -0.25) is 9.59 Å². The van der Waals surface area contributed by atoms with E-state index in [1.54, 1.807) is 18.2 Å². The Morgan fingerprint density at radius 3 is 2.70 bits per heavy atom. The number of hydrogen-bond acceptors (Lipinski definition) is 4. The van der Waals surface area contributed by atoms with E-state index in [2.05, 4.69) is 0 Å². The first kappa shape index (κ1) is 15.5. The molecule has 3 rings (SSSR count). The number of para-hydroxylation sites is 1. The van der Waals surface area contributed by atoms with E-state index in [9.17, 15) is 9.59 Å². The van der Waals surface area contributed by atoms with Crippen LogP contribution in [-0.2, 0) is 4.79 Å². The van der Waals surface area contributed by atoms with Crippen molar-refractivity contribution in [2.24, 2.45) is 0 Å². The molecule has 0 saturated heterocycles. The normalized spacial score (nSPS) is 16.4. The Morgan fingerprint density at radius 1 is 1.09 bits per heavy atom. The highest BCUT2D eigenvalue weighted by Gasteiger charge is 2.21. The quantitative estimate of drug-likeness (QED) is 0.779. The summed E-state index contributed by atoms with van der Waals surface area (Å²) in [6, 6.07) is 5.29. The molecule has 0 unspecified atom stereocenters. The number of rotatable bonds is 5. The summed E-state index contributed by atoms with van der Waals surface area (Å²) < 4.78 is 11.1. The summed E-state index contributed by atoms with van der Waals surface area (Å²) in [6.07, 6.45) is 6.20. The Balaban J connectivity index is 1.69. The Labute approximate surface area is 135 Å². The molecule has 4 heteroatoms. The average molecular weight is 312 g/mol. The third-order valence-corrected chi connectivity index (χ3v) is 4.18. The van der Waals surface area contributed by atoms with E-state index in [4.69, 9.17) is 9.47 Å². The molecule has 23 heavy (non-hydrogen) atoms. The zero-order valence-electron chi connectivity index (χ0n) is 13.3. The molecule has 1 aromatic rings. The van der Waals surface area contributed by atoms with Gasteiger partial charge in [-0.2, -0.15) is 0 Å². The molecular weight excluding hydrogens is 292 g/mol. The first-order chi connectivity index (χ1) is 11.2. The first-order valence-corrected chi connectivity index (χ1v) is 7.98. The maximum atomic E-state index is 12.5. The second-order valence-corrected chi connectivity index (χ2v) is 5.81. The van der Waals surface area contributed by atoms with Crippen molar-refractivity contribution in [3.8, 4) is 11.5 Å². The fourth-order valence-corrected chi connectivity index (χ4v) is 2.90. The zero-order valence-corrected chi connectivity index (χ0v) is 13.3. The highest BCUT2D eigenvalue weighted by Crippen LogP contribution is 2.34. The summed E-state index contributed by atoms with van der Waals surface area (Å²) in [5.41, 5.74) is 2.37. The maximum absolute atomic E-state index is 12.5. The number of ether oxygens (including phenoxy) is 2. The van der Waals surface area contributed by atoms with Crippen molar-refractivity contribution >= 4 is 11.6 Å². The van der Waals surface area contributed by atoms with Gasteiger partial charge < -0.3 is 9.47 Å². The van der Waals surface area contributed by atoms with Gasteiger partial charge in [0, 0.05) is 18.4 Å². The lowest BCUT2D eigenvalue weighted by molar-refractivity contribution is -0.115. The molecule has 0 fully saturated rings. The fourth-order valence-electron chi connectivity index (χ4n) is 2.90. The van der Waals surface area contributed by atoms with Gasteiger partial charge in [0.1, 0.15) is 13.2 Å². The molecule has 1 aromatic carbocycles. The molecule has 2 aliphatic rings. The van der Waals surface area contributed by atoms with Gasteiger partial charge in [0.15, 0.2) is 23.1 Å². The number of allylic oxidation sites excluding steroid dienone is 4. The SMILES string of the molecule is CC1=C(C(=O)CCC(=O)c2cccc3c2OCCO3)C=CCC1. The fraction of sp³-hybridized carbons (Fsp3) is 0.368. The lowest BCUT2D eigenvalue weighted by Crippen LogP contribution is -2.18. The topological polar surface area (TPSA) is 52.6 Å². The summed E-state index contributed by atoms with van der Waals surface area (Å²) in [6.45, 7) is 2.91. The van der Waals surface area contributed by atoms with Crippen molar-refractivity contribution in [2.75, 3.05) is 13.2 Å². The lowest BCUT2D eigenvalue weighted by Gasteiger charge is -2.20. The smallest absolute Gasteiger partial charge is 0.172 e. The predicted molar refractivity (Wildman–Crippen MR) is 87.1 cm³/mol. The number of fused-ring (bicyclic) bond motifs is 1. The average Bonchev–Trinajstić information content (AvgIpc) is 2.59. The highest BCUT2D eigenvalue weighted by molar-refractivity contribution is 6.04. The van der Waals surface area contributed by atoms with Crippen LogP contribution in [0.25, 0.3) is 0 Å². The van der Waals surface area contributed by atoms with Gasteiger partial charge in [-0.1, -0.05) is 23.8 Å². The van der Waals surface area contributed by atoms with Gasteiger partial charge >= 0.3 is 0 Å². The summed E-state index contributed by atoms with van der Waals surface area (Å²) in [5.74, 6) is 1.05. The second-order valence-electron chi connectivity index (χ2n) is 5.81. The van der Waals surface area contributed by atoms with E-state index < -0.39 is 0 Å². The van der Waals surface area contributed by atoms with Crippen LogP contribution < -0.4 is 9.47 Å². The largest absolute Gasteiger partial charge is 0.486 e.